The Morgan fingerprint density at radius 3 is 2.94 bits per heavy atom. The number of rotatable bonds is 2. The molecule has 2 rings (SSSR count). The largest absolute Gasteiger partial charge is 0.480 e. The summed E-state index contributed by atoms with van der Waals surface area (Å²) in [7, 11) is 0. The van der Waals surface area contributed by atoms with Crippen molar-refractivity contribution in [1.82, 2.24) is 9.78 Å². The third kappa shape index (κ3) is 1.96. The Bertz CT molecular complexity index is 621. The van der Waals surface area contributed by atoms with E-state index in [2.05, 4.69) is 21.0 Å². The molecule has 0 radical (unpaired) electrons. The lowest BCUT2D eigenvalue weighted by molar-refractivity contribution is -0.137. The lowest BCUT2D eigenvalue weighted by Gasteiger charge is -2.03. The van der Waals surface area contributed by atoms with Gasteiger partial charge in [0.05, 0.1) is 11.6 Å². The molecule has 0 aliphatic carbocycles. The zero-order valence-electron chi connectivity index (χ0n) is 8.05. The maximum Gasteiger partial charge on any atom is 0.325 e. The van der Waals surface area contributed by atoms with Gasteiger partial charge in [-0.25, -0.2) is 4.68 Å². The molecule has 6 heteroatoms. The van der Waals surface area contributed by atoms with E-state index in [1.165, 1.54) is 6.20 Å². The van der Waals surface area contributed by atoms with Gasteiger partial charge in [0, 0.05) is 9.86 Å². The standard InChI is InChI=1S/C10H7BrN2O3/c11-7-2-1-6-4-12-13(5-9(14)15)10(16)8(6)3-7/h1-4H,5H2,(H,14,15). The van der Waals surface area contributed by atoms with Crippen LogP contribution < -0.4 is 5.56 Å². The van der Waals surface area contributed by atoms with Gasteiger partial charge >= 0.3 is 5.97 Å². The zero-order valence-corrected chi connectivity index (χ0v) is 9.64. The highest BCUT2D eigenvalue weighted by atomic mass is 79.9. The molecule has 16 heavy (non-hydrogen) atoms. The van der Waals surface area contributed by atoms with Crippen LogP contribution in [0.3, 0.4) is 0 Å². The van der Waals surface area contributed by atoms with Gasteiger partial charge in [-0.1, -0.05) is 22.0 Å². The fraction of sp³-hybridized carbons (Fsp3) is 0.100. The summed E-state index contributed by atoms with van der Waals surface area (Å²) < 4.78 is 1.70. The number of carbonyl (C=O) groups is 1. The van der Waals surface area contributed by atoms with Crippen LogP contribution >= 0.6 is 15.9 Å². The Labute approximate surface area is 98.4 Å². The minimum absolute atomic E-state index is 0.402. The van der Waals surface area contributed by atoms with Crippen LogP contribution in [0.4, 0.5) is 0 Å². The molecule has 0 aliphatic rings. The zero-order chi connectivity index (χ0) is 11.7. The molecule has 0 spiro atoms. The van der Waals surface area contributed by atoms with E-state index >= 15 is 0 Å². The van der Waals surface area contributed by atoms with Crippen molar-refractivity contribution in [2.45, 2.75) is 6.54 Å². The number of hydrogen-bond acceptors (Lipinski definition) is 3. The number of aliphatic carboxylic acids is 1. The molecule has 82 valence electrons. The van der Waals surface area contributed by atoms with Crippen LogP contribution in [0.1, 0.15) is 0 Å². The van der Waals surface area contributed by atoms with E-state index in [1.807, 2.05) is 0 Å². The Hall–Kier alpha value is -1.69. The fourth-order valence-corrected chi connectivity index (χ4v) is 1.75. The molecule has 1 N–H and O–H groups in total. The van der Waals surface area contributed by atoms with Crippen LogP contribution in [0.2, 0.25) is 0 Å². The third-order valence-corrected chi connectivity index (χ3v) is 2.59. The van der Waals surface area contributed by atoms with Crippen LogP contribution in [0.25, 0.3) is 10.8 Å². The number of halogens is 1. The minimum atomic E-state index is -1.09. The molecule has 0 saturated carbocycles. The van der Waals surface area contributed by atoms with Gasteiger partial charge < -0.3 is 5.11 Å². The summed E-state index contributed by atoms with van der Waals surface area (Å²) in [5.74, 6) is -1.09. The van der Waals surface area contributed by atoms with Crippen LogP contribution in [0.15, 0.2) is 33.7 Å². The first-order chi connectivity index (χ1) is 7.58. The van der Waals surface area contributed by atoms with E-state index in [-0.39, 0.29) is 0 Å². The van der Waals surface area contributed by atoms with Crippen molar-refractivity contribution < 1.29 is 9.90 Å². The van der Waals surface area contributed by atoms with Crippen molar-refractivity contribution in [3.05, 3.63) is 39.2 Å². The summed E-state index contributed by atoms with van der Waals surface area (Å²) in [4.78, 5) is 22.3. The molecule has 0 bridgehead atoms. The van der Waals surface area contributed by atoms with Gasteiger partial charge in [-0.2, -0.15) is 5.10 Å². The van der Waals surface area contributed by atoms with Crippen LogP contribution in [0.5, 0.6) is 0 Å². The molecule has 0 aliphatic heterocycles. The van der Waals surface area contributed by atoms with Crippen LogP contribution in [-0.2, 0) is 11.3 Å². The summed E-state index contributed by atoms with van der Waals surface area (Å²) in [5, 5.41) is 13.5. The third-order valence-electron chi connectivity index (χ3n) is 2.10. The minimum Gasteiger partial charge on any atom is -0.480 e. The summed E-state index contributed by atoms with van der Waals surface area (Å²) in [5.41, 5.74) is -0.402. The van der Waals surface area contributed by atoms with Gasteiger partial charge in [0.25, 0.3) is 5.56 Å². The molecular formula is C10H7BrN2O3. The number of hydrogen-bond donors (Lipinski definition) is 1. The van der Waals surface area contributed by atoms with E-state index < -0.39 is 18.1 Å². The number of aromatic nitrogens is 2. The molecule has 0 saturated heterocycles. The second kappa shape index (κ2) is 4.05. The highest BCUT2D eigenvalue weighted by Crippen LogP contribution is 2.15. The van der Waals surface area contributed by atoms with Crippen LogP contribution in [0, 0.1) is 0 Å². The normalized spacial score (nSPS) is 10.6. The van der Waals surface area contributed by atoms with Crippen molar-refractivity contribution in [2.75, 3.05) is 0 Å². The first kappa shape index (κ1) is 10.8. The molecule has 2 aromatic rings. The maximum absolute atomic E-state index is 11.8. The SMILES string of the molecule is O=C(O)Cn1ncc2ccc(Br)cc2c1=O. The molecule has 1 heterocycles. The molecule has 0 atom stereocenters. The molecule has 5 nitrogen and oxygen atoms in total. The Kier molecular flexibility index (Phi) is 2.74. The van der Waals surface area contributed by atoms with Crippen molar-refractivity contribution in [2.24, 2.45) is 0 Å². The van der Waals surface area contributed by atoms with E-state index in [0.29, 0.717) is 10.8 Å². The van der Waals surface area contributed by atoms with Gasteiger partial charge in [0.2, 0.25) is 0 Å². The van der Waals surface area contributed by atoms with E-state index in [9.17, 15) is 9.59 Å². The number of benzene rings is 1. The molecular weight excluding hydrogens is 276 g/mol. The quantitative estimate of drug-likeness (QED) is 0.900. The molecule has 0 amide bonds. The molecule has 0 unspecified atom stereocenters. The number of fused-ring (bicyclic) bond motifs is 1. The summed E-state index contributed by atoms with van der Waals surface area (Å²) >= 11 is 3.26. The second-order valence-electron chi connectivity index (χ2n) is 3.23. The first-order valence-electron chi connectivity index (χ1n) is 4.45. The topological polar surface area (TPSA) is 72.2 Å². The first-order valence-corrected chi connectivity index (χ1v) is 5.24. The smallest absolute Gasteiger partial charge is 0.325 e. The predicted octanol–water partition coefficient (Wildman–Crippen LogP) is 1.24. The van der Waals surface area contributed by atoms with Gasteiger partial charge in [0.1, 0.15) is 6.54 Å². The monoisotopic (exact) mass is 282 g/mol. The summed E-state index contributed by atoms with van der Waals surface area (Å²) in [6, 6.07) is 5.20. The predicted molar refractivity (Wildman–Crippen MR) is 61.3 cm³/mol. The Morgan fingerprint density at radius 1 is 1.50 bits per heavy atom. The number of nitrogens with zero attached hydrogens (tertiary/aromatic N) is 2. The highest BCUT2D eigenvalue weighted by Gasteiger charge is 2.07. The van der Waals surface area contributed by atoms with Gasteiger partial charge in [-0.05, 0) is 12.1 Å². The average molecular weight is 283 g/mol. The summed E-state index contributed by atoms with van der Waals surface area (Å²) in [6.07, 6.45) is 1.48. The number of carboxylic acid groups (broad SMARTS) is 1. The van der Waals surface area contributed by atoms with Crippen molar-refractivity contribution in [3.63, 3.8) is 0 Å². The van der Waals surface area contributed by atoms with Crippen molar-refractivity contribution in [3.8, 4) is 0 Å². The summed E-state index contributed by atoms with van der Waals surface area (Å²) in [6.45, 7) is -0.429. The maximum atomic E-state index is 11.8. The molecule has 1 aromatic heterocycles. The second-order valence-corrected chi connectivity index (χ2v) is 4.15. The van der Waals surface area contributed by atoms with Gasteiger partial charge in [0.15, 0.2) is 0 Å². The Morgan fingerprint density at radius 2 is 2.25 bits per heavy atom. The van der Waals surface area contributed by atoms with Gasteiger partial charge in [-0.3, -0.25) is 9.59 Å². The van der Waals surface area contributed by atoms with Crippen LogP contribution in [-0.4, -0.2) is 20.9 Å². The lowest BCUT2D eigenvalue weighted by atomic mass is 10.2. The Balaban J connectivity index is 2.68. The van der Waals surface area contributed by atoms with Crippen molar-refractivity contribution in [1.29, 1.82) is 0 Å². The average Bonchev–Trinajstić information content (AvgIpc) is 2.22. The highest BCUT2D eigenvalue weighted by molar-refractivity contribution is 9.10. The fourth-order valence-electron chi connectivity index (χ4n) is 1.39. The molecule has 0 fully saturated rings. The van der Waals surface area contributed by atoms with E-state index in [4.69, 9.17) is 5.11 Å². The van der Waals surface area contributed by atoms with E-state index in [0.717, 1.165) is 9.15 Å². The number of carboxylic acids is 1. The van der Waals surface area contributed by atoms with Gasteiger partial charge in [-0.15, -0.1) is 0 Å². The van der Waals surface area contributed by atoms with Crippen molar-refractivity contribution >= 4 is 32.7 Å². The molecule has 1 aromatic carbocycles. The lowest BCUT2D eigenvalue weighted by Crippen LogP contribution is -2.26. The van der Waals surface area contributed by atoms with E-state index in [1.54, 1.807) is 18.2 Å².